The second-order valence-electron chi connectivity index (χ2n) is 7.92. The van der Waals surface area contributed by atoms with Crippen LogP contribution in [0.15, 0.2) is 53.7 Å². The van der Waals surface area contributed by atoms with E-state index in [0.29, 0.717) is 30.4 Å². The molecule has 156 valence electrons. The number of nitrogens with zero attached hydrogens (tertiary/aromatic N) is 5. The number of para-hydroxylation sites is 1. The third kappa shape index (κ3) is 3.91. The summed E-state index contributed by atoms with van der Waals surface area (Å²) in [5.41, 5.74) is 1.50. The molecule has 0 aliphatic carbocycles. The number of benzene rings is 1. The summed E-state index contributed by atoms with van der Waals surface area (Å²) in [6.45, 7) is 5.20. The molecule has 1 fully saturated rings. The van der Waals surface area contributed by atoms with Crippen LogP contribution in [0.5, 0.6) is 5.75 Å². The van der Waals surface area contributed by atoms with Gasteiger partial charge < -0.3 is 14.4 Å². The van der Waals surface area contributed by atoms with Crippen molar-refractivity contribution in [1.82, 2.24) is 19.5 Å². The maximum Gasteiger partial charge on any atom is 0.255 e. The smallest absolute Gasteiger partial charge is 0.255 e. The van der Waals surface area contributed by atoms with E-state index in [1.807, 2.05) is 38.1 Å². The summed E-state index contributed by atoms with van der Waals surface area (Å²) in [6, 6.07) is 11.1. The molecule has 0 spiro atoms. The van der Waals surface area contributed by atoms with E-state index in [0.717, 1.165) is 11.3 Å². The standard InChI is InChI=1S/C22H25N5O3/c1-22(2)13-27(12-19(30-22)15-7-5-6-8-18(15)29-4)21-25-17(11-20(28)26(21)3)16-9-10-23-14-24-16/h5-11,14,19H,12-13H2,1-4H3. The number of methoxy groups -OCH3 is 1. The number of morpholine rings is 1. The average Bonchev–Trinajstić information content (AvgIpc) is 2.75. The molecule has 1 aliphatic rings. The first-order valence-corrected chi connectivity index (χ1v) is 9.78. The van der Waals surface area contributed by atoms with Gasteiger partial charge in [-0.25, -0.2) is 15.0 Å². The fourth-order valence-electron chi connectivity index (χ4n) is 3.81. The van der Waals surface area contributed by atoms with E-state index in [9.17, 15) is 4.79 Å². The maximum atomic E-state index is 12.7. The van der Waals surface area contributed by atoms with Crippen LogP contribution in [0.2, 0.25) is 0 Å². The molecule has 1 atom stereocenters. The highest BCUT2D eigenvalue weighted by Gasteiger charge is 2.37. The van der Waals surface area contributed by atoms with Crippen molar-refractivity contribution in [2.24, 2.45) is 7.05 Å². The lowest BCUT2D eigenvalue weighted by Crippen LogP contribution is -2.51. The third-order valence-corrected chi connectivity index (χ3v) is 5.14. The predicted octanol–water partition coefficient (Wildman–Crippen LogP) is 2.60. The Bertz CT molecular complexity index is 1100. The van der Waals surface area contributed by atoms with Gasteiger partial charge in [-0.05, 0) is 26.0 Å². The van der Waals surface area contributed by atoms with Gasteiger partial charge >= 0.3 is 0 Å². The van der Waals surface area contributed by atoms with Gasteiger partial charge in [0.25, 0.3) is 5.56 Å². The Balaban J connectivity index is 1.76. The minimum Gasteiger partial charge on any atom is -0.496 e. The van der Waals surface area contributed by atoms with Gasteiger partial charge in [-0.3, -0.25) is 9.36 Å². The molecule has 3 heterocycles. The van der Waals surface area contributed by atoms with Crippen molar-refractivity contribution in [3.63, 3.8) is 0 Å². The van der Waals surface area contributed by atoms with Crippen LogP contribution in [-0.2, 0) is 11.8 Å². The largest absolute Gasteiger partial charge is 0.496 e. The van der Waals surface area contributed by atoms with Crippen LogP contribution in [0.25, 0.3) is 11.4 Å². The Kier molecular flexibility index (Phi) is 5.26. The molecule has 0 N–H and O–H groups in total. The van der Waals surface area contributed by atoms with Crippen molar-refractivity contribution in [3.8, 4) is 17.1 Å². The molecule has 2 aromatic heterocycles. The van der Waals surface area contributed by atoms with Crippen LogP contribution in [0.4, 0.5) is 5.95 Å². The fourth-order valence-corrected chi connectivity index (χ4v) is 3.81. The van der Waals surface area contributed by atoms with Crippen molar-refractivity contribution in [3.05, 3.63) is 64.8 Å². The normalized spacial score (nSPS) is 18.3. The first-order chi connectivity index (χ1) is 14.4. The molecule has 0 bridgehead atoms. The lowest BCUT2D eigenvalue weighted by molar-refractivity contribution is -0.0867. The molecule has 1 saturated heterocycles. The van der Waals surface area contributed by atoms with Gasteiger partial charge in [0, 0.05) is 31.4 Å². The second kappa shape index (κ2) is 7.87. The molecule has 0 amide bonds. The average molecular weight is 407 g/mol. The zero-order chi connectivity index (χ0) is 21.3. The zero-order valence-electron chi connectivity index (χ0n) is 17.6. The van der Waals surface area contributed by atoms with E-state index in [4.69, 9.17) is 14.5 Å². The van der Waals surface area contributed by atoms with E-state index in [2.05, 4.69) is 14.9 Å². The summed E-state index contributed by atoms with van der Waals surface area (Å²) >= 11 is 0. The second-order valence-corrected chi connectivity index (χ2v) is 7.92. The molecule has 0 radical (unpaired) electrons. The van der Waals surface area contributed by atoms with E-state index >= 15 is 0 Å². The van der Waals surface area contributed by atoms with Crippen LogP contribution >= 0.6 is 0 Å². The fraction of sp³-hybridized carbons (Fsp3) is 0.364. The van der Waals surface area contributed by atoms with Crippen LogP contribution in [-0.4, -0.2) is 45.3 Å². The van der Waals surface area contributed by atoms with E-state index in [1.165, 1.54) is 12.4 Å². The molecular formula is C22H25N5O3. The lowest BCUT2D eigenvalue weighted by Gasteiger charge is -2.43. The van der Waals surface area contributed by atoms with Crippen molar-refractivity contribution < 1.29 is 9.47 Å². The Morgan fingerprint density at radius 3 is 2.73 bits per heavy atom. The quantitative estimate of drug-likeness (QED) is 0.657. The van der Waals surface area contributed by atoms with Gasteiger partial charge in [-0.15, -0.1) is 0 Å². The number of anilines is 1. The molecule has 1 aromatic carbocycles. The van der Waals surface area contributed by atoms with Gasteiger partial charge in [-0.1, -0.05) is 18.2 Å². The Hall–Kier alpha value is -3.26. The highest BCUT2D eigenvalue weighted by atomic mass is 16.5. The maximum absolute atomic E-state index is 12.7. The number of ether oxygens (including phenoxy) is 2. The summed E-state index contributed by atoms with van der Waals surface area (Å²) in [6.07, 6.45) is 2.85. The monoisotopic (exact) mass is 407 g/mol. The minimum atomic E-state index is -0.452. The number of hydrogen-bond acceptors (Lipinski definition) is 7. The van der Waals surface area contributed by atoms with E-state index < -0.39 is 5.60 Å². The van der Waals surface area contributed by atoms with Crippen molar-refractivity contribution in [2.45, 2.75) is 25.6 Å². The van der Waals surface area contributed by atoms with Crippen LogP contribution < -0.4 is 15.2 Å². The van der Waals surface area contributed by atoms with E-state index in [1.54, 1.807) is 31.0 Å². The van der Waals surface area contributed by atoms with Gasteiger partial charge in [0.05, 0.1) is 30.6 Å². The first kappa shape index (κ1) is 20.0. The Morgan fingerprint density at radius 2 is 2.00 bits per heavy atom. The lowest BCUT2D eigenvalue weighted by atomic mass is 10.0. The van der Waals surface area contributed by atoms with E-state index in [-0.39, 0.29) is 11.7 Å². The van der Waals surface area contributed by atoms with Gasteiger partial charge in [0.1, 0.15) is 18.2 Å². The molecule has 3 aromatic rings. The van der Waals surface area contributed by atoms with Gasteiger partial charge in [0.2, 0.25) is 5.95 Å². The number of hydrogen-bond donors (Lipinski definition) is 0. The van der Waals surface area contributed by atoms with Gasteiger partial charge in [-0.2, -0.15) is 0 Å². The van der Waals surface area contributed by atoms with Crippen molar-refractivity contribution in [2.75, 3.05) is 25.1 Å². The third-order valence-electron chi connectivity index (χ3n) is 5.14. The summed E-state index contributed by atoms with van der Waals surface area (Å²) < 4.78 is 13.5. The SMILES string of the molecule is COc1ccccc1C1CN(c2nc(-c3ccncn3)cc(=O)n2C)CC(C)(C)O1. The summed E-state index contributed by atoms with van der Waals surface area (Å²) in [5.74, 6) is 1.35. The summed E-state index contributed by atoms with van der Waals surface area (Å²) in [5, 5.41) is 0. The Labute approximate surface area is 175 Å². The highest BCUT2D eigenvalue weighted by Crippen LogP contribution is 2.36. The van der Waals surface area contributed by atoms with Crippen LogP contribution in [0, 0.1) is 0 Å². The van der Waals surface area contributed by atoms with Crippen molar-refractivity contribution in [1.29, 1.82) is 0 Å². The zero-order valence-corrected chi connectivity index (χ0v) is 17.6. The van der Waals surface area contributed by atoms with Crippen molar-refractivity contribution >= 4 is 5.95 Å². The van der Waals surface area contributed by atoms with Crippen LogP contribution in [0.1, 0.15) is 25.5 Å². The number of rotatable bonds is 4. The molecule has 8 nitrogen and oxygen atoms in total. The first-order valence-electron chi connectivity index (χ1n) is 9.78. The molecule has 1 aliphatic heterocycles. The molecule has 8 heteroatoms. The van der Waals surface area contributed by atoms with Gasteiger partial charge in [0.15, 0.2) is 0 Å². The predicted molar refractivity (Wildman–Crippen MR) is 114 cm³/mol. The summed E-state index contributed by atoms with van der Waals surface area (Å²) in [7, 11) is 3.38. The molecule has 30 heavy (non-hydrogen) atoms. The number of aromatic nitrogens is 4. The minimum absolute atomic E-state index is 0.147. The highest BCUT2D eigenvalue weighted by molar-refractivity contribution is 5.55. The molecular weight excluding hydrogens is 382 g/mol. The molecule has 1 unspecified atom stereocenters. The molecule has 4 rings (SSSR count). The topological polar surface area (TPSA) is 82.4 Å². The van der Waals surface area contributed by atoms with Crippen LogP contribution in [0.3, 0.4) is 0 Å². The molecule has 0 saturated carbocycles. The Morgan fingerprint density at radius 1 is 1.20 bits per heavy atom. The summed E-state index contributed by atoms with van der Waals surface area (Å²) in [4.78, 5) is 27.7.